The van der Waals surface area contributed by atoms with Gasteiger partial charge in [-0.05, 0) is 6.92 Å². The lowest BCUT2D eigenvalue weighted by Gasteiger charge is -2.45. The van der Waals surface area contributed by atoms with Gasteiger partial charge in [-0.15, -0.1) is 0 Å². The summed E-state index contributed by atoms with van der Waals surface area (Å²) in [6.45, 7) is 15.7. The SMILES string of the molecule is CC=P(c1ccccc1)(N(CC)CC)N(CC)CC. The van der Waals surface area contributed by atoms with Crippen LogP contribution in [0.25, 0.3) is 0 Å². The van der Waals surface area contributed by atoms with Crippen LogP contribution < -0.4 is 5.30 Å². The van der Waals surface area contributed by atoms with Gasteiger partial charge in [-0.25, -0.2) is 0 Å². The Labute approximate surface area is 119 Å². The predicted octanol–water partition coefficient (Wildman–Crippen LogP) is 3.67. The van der Waals surface area contributed by atoms with Crippen LogP contribution in [0.5, 0.6) is 0 Å². The summed E-state index contributed by atoms with van der Waals surface area (Å²) in [5, 5.41) is 1.48. The molecule has 0 bridgehead atoms. The minimum atomic E-state index is -1.51. The molecule has 0 aliphatic rings. The van der Waals surface area contributed by atoms with E-state index in [-0.39, 0.29) is 0 Å². The summed E-state index contributed by atoms with van der Waals surface area (Å²) in [6, 6.07) is 11.0. The molecule has 0 heterocycles. The minimum absolute atomic E-state index is 1.10. The maximum atomic E-state index is 2.65. The largest absolute Gasteiger partial charge is 0.269 e. The van der Waals surface area contributed by atoms with Gasteiger partial charge in [0, 0.05) is 38.7 Å². The molecule has 0 N–H and O–H groups in total. The van der Waals surface area contributed by atoms with Gasteiger partial charge >= 0.3 is 0 Å². The number of nitrogens with zero attached hydrogens (tertiary/aromatic N) is 2. The molecule has 0 amide bonds. The average molecular weight is 280 g/mol. The van der Waals surface area contributed by atoms with Crippen LogP contribution in [0.4, 0.5) is 0 Å². The molecular weight excluding hydrogens is 251 g/mol. The van der Waals surface area contributed by atoms with Crippen LogP contribution in [-0.2, 0) is 0 Å². The first-order valence-electron chi connectivity index (χ1n) is 7.46. The van der Waals surface area contributed by atoms with Gasteiger partial charge in [0.15, 0.2) is 0 Å². The van der Waals surface area contributed by atoms with Crippen LogP contribution in [0, 0.1) is 0 Å². The zero-order chi connectivity index (χ0) is 14.3. The Hall–Kier alpha value is -0.560. The Morgan fingerprint density at radius 3 is 1.58 bits per heavy atom. The monoisotopic (exact) mass is 280 g/mol. The van der Waals surface area contributed by atoms with Gasteiger partial charge in [-0.3, -0.25) is 9.34 Å². The lowest BCUT2D eigenvalue weighted by molar-refractivity contribution is 0.426. The van der Waals surface area contributed by atoms with E-state index in [4.69, 9.17) is 0 Å². The van der Waals surface area contributed by atoms with Crippen LogP contribution in [0.1, 0.15) is 34.6 Å². The highest BCUT2D eigenvalue weighted by atomic mass is 31.2. The molecule has 0 radical (unpaired) electrons. The Morgan fingerprint density at radius 1 is 0.842 bits per heavy atom. The maximum absolute atomic E-state index is 2.65. The second kappa shape index (κ2) is 7.89. The molecule has 3 heteroatoms. The standard InChI is InChI=1S/C16H29N2P/c1-6-17(7-2)19(10-5,18(8-3)9-4)16-14-12-11-13-15-16/h10-15H,6-9H2,1-5H3. The van der Waals surface area contributed by atoms with E-state index in [2.05, 4.69) is 80.1 Å². The maximum Gasteiger partial charge on any atom is 0.0401 e. The molecule has 0 atom stereocenters. The van der Waals surface area contributed by atoms with Crippen LogP contribution in [0.15, 0.2) is 30.3 Å². The molecule has 2 nitrogen and oxygen atoms in total. The quantitative estimate of drug-likeness (QED) is 0.703. The molecule has 0 spiro atoms. The lowest BCUT2D eigenvalue weighted by atomic mass is 10.4. The highest BCUT2D eigenvalue weighted by Crippen LogP contribution is 2.52. The van der Waals surface area contributed by atoms with Crippen molar-refractivity contribution >= 4 is 18.3 Å². The highest BCUT2D eigenvalue weighted by Gasteiger charge is 2.29. The Bertz CT molecular complexity index is 390. The van der Waals surface area contributed by atoms with Crippen molar-refractivity contribution in [1.29, 1.82) is 0 Å². The van der Waals surface area contributed by atoms with Crippen molar-refractivity contribution in [2.45, 2.75) is 34.6 Å². The summed E-state index contributed by atoms with van der Waals surface area (Å²) >= 11 is 0. The van der Waals surface area contributed by atoms with Gasteiger partial charge in [0.2, 0.25) is 0 Å². The smallest absolute Gasteiger partial charge is 0.0401 e. The number of benzene rings is 1. The Kier molecular flexibility index (Phi) is 6.85. The minimum Gasteiger partial charge on any atom is -0.269 e. The zero-order valence-electron chi connectivity index (χ0n) is 13.1. The Balaban J connectivity index is 3.47. The molecular formula is C16H29N2P. The third kappa shape index (κ3) is 3.13. The highest BCUT2D eigenvalue weighted by molar-refractivity contribution is 7.77. The van der Waals surface area contributed by atoms with E-state index in [0.29, 0.717) is 0 Å². The van der Waals surface area contributed by atoms with Crippen molar-refractivity contribution in [2.24, 2.45) is 0 Å². The Morgan fingerprint density at radius 2 is 1.26 bits per heavy atom. The number of hydrogen-bond acceptors (Lipinski definition) is 2. The van der Waals surface area contributed by atoms with E-state index < -0.39 is 7.19 Å². The second-order valence-electron chi connectivity index (χ2n) is 4.52. The van der Waals surface area contributed by atoms with Crippen molar-refractivity contribution in [1.82, 2.24) is 9.34 Å². The van der Waals surface area contributed by atoms with E-state index in [1.807, 2.05) is 0 Å². The third-order valence-electron chi connectivity index (χ3n) is 3.82. The molecule has 0 aliphatic heterocycles. The number of rotatable bonds is 7. The summed E-state index contributed by atoms with van der Waals surface area (Å²) in [6.07, 6.45) is 0. The first-order valence-corrected chi connectivity index (χ1v) is 9.23. The van der Waals surface area contributed by atoms with Gasteiger partial charge in [-0.1, -0.05) is 63.8 Å². The molecule has 0 aromatic heterocycles. The fraction of sp³-hybridized carbons (Fsp3) is 0.562. The predicted molar refractivity (Wildman–Crippen MR) is 90.6 cm³/mol. The lowest BCUT2D eigenvalue weighted by Crippen LogP contribution is -2.38. The van der Waals surface area contributed by atoms with Crippen molar-refractivity contribution in [3.8, 4) is 0 Å². The van der Waals surface area contributed by atoms with E-state index in [0.717, 1.165) is 26.2 Å². The molecule has 0 unspecified atom stereocenters. The van der Waals surface area contributed by atoms with Gasteiger partial charge in [-0.2, -0.15) is 0 Å². The summed E-state index contributed by atoms with van der Waals surface area (Å²) in [5.41, 5.74) is 0. The van der Waals surface area contributed by atoms with Gasteiger partial charge in [0.05, 0.1) is 0 Å². The first kappa shape index (κ1) is 16.5. The molecule has 0 fully saturated rings. The fourth-order valence-corrected chi connectivity index (χ4v) is 7.24. The van der Waals surface area contributed by atoms with Crippen molar-refractivity contribution in [3.63, 3.8) is 0 Å². The normalized spacial score (nSPS) is 12.2. The third-order valence-corrected chi connectivity index (χ3v) is 8.45. The zero-order valence-corrected chi connectivity index (χ0v) is 14.0. The molecule has 0 aliphatic carbocycles. The van der Waals surface area contributed by atoms with Crippen molar-refractivity contribution in [3.05, 3.63) is 30.3 Å². The van der Waals surface area contributed by atoms with Gasteiger partial charge in [0.25, 0.3) is 0 Å². The van der Waals surface area contributed by atoms with E-state index >= 15 is 0 Å². The summed E-state index contributed by atoms with van der Waals surface area (Å²) < 4.78 is 5.30. The molecule has 0 saturated carbocycles. The van der Waals surface area contributed by atoms with Crippen LogP contribution in [0.3, 0.4) is 0 Å². The second-order valence-corrected chi connectivity index (χ2v) is 7.98. The number of hydrogen-bond donors (Lipinski definition) is 0. The van der Waals surface area contributed by atoms with E-state index in [1.165, 1.54) is 5.30 Å². The topological polar surface area (TPSA) is 6.48 Å². The van der Waals surface area contributed by atoms with Crippen molar-refractivity contribution in [2.75, 3.05) is 26.2 Å². The molecule has 108 valence electrons. The summed E-state index contributed by atoms with van der Waals surface area (Å²) in [5.74, 6) is 2.46. The summed E-state index contributed by atoms with van der Waals surface area (Å²) in [7, 11) is -1.51. The van der Waals surface area contributed by atoms with E-state index in [1.54, 1.807) is 0 Å². The molecule has 1 aromatic carbocycles. The van der Waals surface area contributed by atoms with Gasteiger partial charge in [0.1, 0.15) is 0 Å². The van der Waals surface area contributed by atoms with Crippen molar-refractivity contribution < 1.29 is 0 Å². The molecule has 0 saturated heterocycles. The molecule has 1 rings (SSSR count). The van der Waals surface area contributed by atoms with E-state index in [9.17, 15) is 0 Å². The fourth-order valence-electron chi connectivity index (χ4n) is 2.94. The molecule has 1 aromatic rings. The van der Waals surface area contributed by atoms with Gasteiger partial charge < -0.3 is 0 Å². The van der Waals surface area contributed by atoms with Crippen LogP contribution in [-0.4, -0.2) is 41.3 Å². The van der Waals surface area contributed by atoms with Crippen LogP contribution in [0.2, 0.25) is 0 Å². The first-order chi connectivity index (χ1) is 9.20. The molecule has 19 heavy (non-hydrogen) atoms. The average Bonchev–Trinajstić information content (AvgIpc) is 2.48. The summed E-state index contributed by atoms with van der Waals surface area (Å²) in [4.78, 5) is 0. The van der Waals surface area contributed by atoms with Crippen LogP contribution >= 0.6 is 7.19 Å².